The lowest BCUT2D eigenvalue weighted by Crippen LogP contribution is -2.08. The first-order chi connectivity index (χ1) is 9.29. The number of rotatable bonds is 2. The third kappa shape index (κ3) is 2.25. The largest absolute Gasteiger partial charge is 0.493 e. The van der Waals surface area contributed by atoms with Crippen molar-refractivity contribution in [3.63, 3.8) is 0 Å². The minimum absolute atomic E-state index is 0.234. The van der Waals surface area contributed by atoms with E-state index in [4.69, 9.17) is 9.47 Å². The molecule has 1 aliphatic carbocycles. The highest BCUT2D eigenvalue weighted by molar-refractivity contribution is 5.93. The van der Waals surface area contributed by atoms with Crippen molar-refractivity contribution in [1.29, 1.82) is 0 Å². The second-order valence-corrected chi connectivity index (χ2v) is 4.95. The highest BCUT2D eigenvalue weighted by Crippen LogP contribution is 2.39. The average Bonchev–Trinajstić information content (AvgIpc) is 2.87. The maximum absolute atomic E-state index is 11.7. The standard InChI is InChI=1S/C16H18O3/c1-2-18-15(17)10-12-5-3-4-11-6-7-14-13(16(11)12)8-9-19-14/h6-7,10H,2-5,8-9H2,1H3/b12-10+. The quantitative estimate of drug-likeness (QED) is 0.604. The van der Waals surface area contributed by atoms with Gasteiger partial charge < -0.3 is 9.47 Å². The second kappa shape index (κ2) is 5.08. The highest BCUT2D eigenvalue weighted by Gasteiger charge is 2.24. The number of aryl methyl sites for hydroxylation is 1. The number of carbonyl (C=O) groups excluding carboxylic acids is 1. The van der Waals surface area contributed by atoms with Gasteiger partial charge in [-0.25, -0.2) is 4.79 Å². The number of fused-ring (bicyclic) bond motifs is 3. The summed E-state index contributed by atoms with van der Waals surface area (Å²) in [5.74, 6) is 0.747. The molecule has 100 valence electrons. The topological polar surface area (TPSA) is 35.5 Å². The van der Waals surface area contributed by atoms with Crippen LogP contribution < -0.4 is 4.74 Å². The van der Waals surface area contributed by atoms with Gasteiger partial charge in [0.25, 0.3) is 0 Å². The van der Waals surface area contributed by atoms with Crippen LogP contribution in [0.4, 0.5) is 0 Å². The van der Waals surface area contributed by atoms with Gasteiger partial charge in [-0.3, -0.25) is 0 Å². The summed E-state index contributed by atoms with van der Waals surface area (Å²) in [7, 11) is 0. The molecule has 0 saturated heterocycles. The van der Waals surface area contributed by atoms with Crippen molar-refractivity contribution in [2.75, 3.05) is 13.2 Å². The van der Waals surface area contributed by atoms with Crippen molar-refractivity contribution in [1.82, 2.24) is 0 Å². The zero-order valence-corrected chi connectivity index (χ0v) is 11.2. The van der Waals surface area contributed by atoms with E-state index < -0.39 is 0 Å². The summed E-state index contributed by atoms with van der Waals surface area (Å²) in [6.07, 6.45) is 5.74. The summed E-state index contributed by atoms with van der Waals surface area (Å²) in [5.41, 5.74) is 4.97. The summed E-state index contributed by atoms with van der Waals surface area (Å²) in [6.45, 7) is 3.00. The van der Waals surface area contributed by atoms with Gasteiger partial charge in [-0.1, -0.05) is 6.07 Å². The minimum atomic E-state index is -0.234. The molecule has 3 rings (SSSR count). The van der Waals surface area contributed by atoms with E-state index in [1.807, 2.05) is 6.92 Å². The molecule has 0 amide bonds. The van der Waals surface area contributed by atoms with Crippen LogP contribution >= 0.6 is 0 Å². The fourth-order valence-corrected chi connectivity index (χ4v) is 3.00. The Bertz CT molecular complexity index is 543. The number of ether oxygens (including phenoxy) is 2. The molecule has 1 aromatic carbocycles. The summed E-state index contributed by atoms with van der Waals surface area (Å²) < 4.78 is 10.7. The summed E-state index contributed by atoms with van der Waals surface area (Å²) in [6, 6.07) is 4.20. The Labute approximate surface area is 113 Å². The van der Waals surface area contributed by atoms with Crippen LogP contribution in [0.1, 0.15) is 36.5 Å². The first kappa shape index (κ1) is 12.3. The lowest BCUT2D eigenvalue weighted by atomic mass is 9.83. The van der Waals surface area contributed by atoms with E-state index in [1.54, 1.807) is 6.08 Å². The molecule has 1 aromatic rings. The molecule has 1 aliphatic heterocycles. The number of allylic oxidation sites excluding steroid dienone is 1. The molecule has 0 N–H and O–H groups in total. The van der Waals surface area contributed by atoms with Crippen molar-refractivity contribution >= 4 is 11.5 Å². The molecule has 2 aliphatic rings. The second-order valence-electron chi connectivity index (χ2n) is 4.95. The van der Waals surface area contributed by atoms with E-state index in [-0.39, 0.29) is 5.97 Å². The zero-order chi connectivity index (χ0) is 13.2. The van der Waals surface area contributed by atoms with Crippen LogP contribution in [0, 0.1) is 0 Å². The van der Waals surface area contributed by atoms with Crippen LogP contribution in [0.3, 0.4) is 0 Å². The van der Waals surface area contributed by atoms with Crippen molar-refractivity contribution in [2.45, 2.75) is 32.6 Å². The summed E-state index contributed by atoms with van der Waals surface area (Å²) in [4.78, 5) is 11.7. The Balaban J connectivity index is 2.04. The average molecular weight is 258 g/mol. The summed E-state index contributed by atoms with van der Waals surface area (Å²) >= 11 is 0. The van der Waals surface area contributed by atoms with Gasteiger partial charge >= 0.3 is 5.97 Å². The number of benzene rings is 1. The smallest absolute Gasteiger partial charge is 0.331 e. The lowest BCUT2D eigenvalue weighted by molar-refractivity contribution is -0.137. The Kier molecular flexibility index (Phi) is 3.28. The van der Waals surface area contributed by atoms with Crippen LogP contribution in [0.2, 0.25) is 0 Å². The number of carbonyl (C=O) groups is 1. The van der Waals surface area contributed by atoms with Crippen molar-refractivity contribution in [3.8, 4) is 5.75 Å². The van der Waals surface area contributed by atoms with Crippen molar-refractivity contribution < 1.29 is 14.3 Å². The van der Waals surface area contributed by atoms with Gasteiger partial charge in [-0.15, -0.1) is 0 Å². The van der Waals surface area contributed by atoms with E-state index in [1.165, 1.54) is 16.7 Å². The number of hydrogen-bond acceptors (Lipinski definition) is 3. The number of esters is 1. The molecular weight excluding hydrogens is 240 g/mol. The Morgan fingerprint density at radius 3 is 3.11 bits per heavy atom. The minimum Gasteiger partial charge on any atom is -0.493 e. The van der Waals surface area contributed by atoms with Crippen LogP contribution in [0.15, 0.2) is 18.2 Å². The molecule has 0 saturated carbocycles. The molecule has 0 spiro atoms. The molecule has 0 fully saturated rings. The Hall–Kier alpha value is -1.77. The molecular formula is C16H18O3. The molecule has 0 atom stereocenters. The lowest BCUT2D eigenvalue weighted by Gasteiger charge is -2.21. The van der Waals surface area contributed by atoms with Gasteiger partial charge in [0.1, 0.15) is 5.75 Å². The van der Waals surface area contributed by atoms with Gasteiger partial charge in [0, 0.05) is 18.1 Å². The first-order valence-corrected chi connectivity index (χ1v) is 6.95. The first-order valence-electron chi connectivity index (χ1n) is 6.95. The summed E-state index contributed by atoms with van der Waals surface area (Å²) in [5, 5.41) is 0. The maximum Gasteiger partial charge on any atom is 0.331 e. The molecule has 3 nitrogen and oxygen atoms in total. The van der Waals surface area contributed by atoms with Crippen LogP contribution in [-0.2, 0) is 22.4 Å². The predicted molar refractivity (Wildman–Crippen MR) is 73.2 cm³/mol. The van der Waals surface area contributed by atoms with Gasteiger partial charge in [0.15, 0.2) is 0 Å². The van der Waals surface area contributed by atoms with E-state index in [0.717, 1.165) is 43.6 Å². The SMILES string of the molecule is CCOC(=O)/C=C1\CCCc2ccc3c(c21)CCO3. The molecule has 0 unspecified atom stereocenters. The third-order valence-corrected chi connectivity index (χ3v) is 3.76. The van der Waals surface area contributed by atoms with E-state index in [0.29, 0.717) is 6.61 Å². The molecule has 19 heavy (non-hydrogen) atoms. The molecule has 3 heteroatoms. The zero-order valence-electron chi connectivity index (χ0n) is 11.2. The number of hydrogen-bond donors (Lipinski definition) is 0. The monoisotopic (exact) mass is 258 g/mol. The molecule has 0 aromatic heterocycles. The van der Waals surface area contributed by atoms with Gasteiger partial charge in [-0.2, -0.15) is 0 Å². The van der Waals surface area contributed by atoms with Gasteiger partial charge in [0.2, 0.25) is 0 Å². The van der Waals surface area contributed by atoms with Crippen molar-refractivity contribution in [2.24, 2.45) is 0 Å². The van der Waals surface area contributed by atoms with E-state index in [2.05, 4.69) is 12.1 Å². The van der Waals surface area contributed by atoms with Crippen LogP contribution in [0.5, 0.6) is 5.75 Å². The normalized spacial score (nSPS) is 18.7. The Morgan fingerprint density at radius 2 is 2.26 bits per heavy atom. The van der Waals surface area contributed by atoms with E-state index >= 15 is 0 Å². The third-order valence-electron chi connectivity index (χ3n) is 3.76. The molecule has 0 bridgehead atoms. The maximum atomic E-state index is 11.7. The molecule has 1 heterocycles. The van der Waals surface area contributed by atoms with Gasteiger partial charge in [-0.05, 0) is 49.0 Å². The van der Waals surface area contributed by atoms with Gasteiger partial charge in [0.05, 0.1) is 13.2 Å². The Morgan fingerprint density at radius 1 is 1.37 bits per heavy atom. The fourth-order valence-electron chi connectivity index (χ4n) is 3.00. The van der Waals surface area contributed by atoms with E-state index in [9.17, 15) is 4.79 Å². The fraction of sp³-hybridized carbons (Fsp3) is 0.438. The predicted octanol–water partition coefficient (Wildman–Crippen LogP) is 2.90. The van der Waals surface area contributed by atoms with Crippen LogP contribution in [-0.4, -0.2) is 19.2 Å². The highest BCUT2D eigenvalue weighted by atomic mass is 16.5. The molecule has 0 radical (unpaired) electrons. The van der Waals surface area contributed by atoms with Crippen LogP contribution in [0.25, 0.3) is 5.57 Å². The van der Waals surface area contributed by atoms with Crippen molar-refractivity contribution in [3.05, 3.63) is 34.9 Å².